The van der Waals surface area contributed by atoms with Crippen LogP contribution in [-0.4, -0.2) is 81.9 Å². The molecule has 1 aliphatic rings. The van der Waals surface area contributed by atoms with Gasteiger partial charge >= 0.3 is 23.9 Å². The molecule has 0 amide bonds. The summed E-state index contributed by atoms with van der Waals surface area (Å²) in [5.74, 6) is -2.69. The van der Waals surface area contributed by atoms with Gasteiger partial charge < -0.3 is 29.0 Å². The Kier molecular flexibility index (Phi) is 8.54. The van der Waals surface area contributed by atoms with Crippen LogP contribution in [0.3, 0.4) is 0 Å². The Hall–Kier alpha value is -4.34. The van der Waals surface area contributed by atoms with Gasteiger partial charge in [-0.25, -0.2) is 9.97 Å². The van der Waals surface area contributed by atoms with E-state index in [0.717, 1.165) is 19.4 Å². The van der Waals surface area contributed by atoms with Crippen molar-refractivity contribution in [1.82, 2.24) is 14.5 Å². The number of aromatic nitrogens is 3. The van der Waals surface area contributed by atoms with E-state index >= 15 is 0 Å². The molecule has 37 heavy (non-hydrogen) atoms. The van der Waals surface area contributed by atoms with Gasteiger partial charge in [0.1, 0.15) is 36.8 Å². The summed E-state index contributed by atoms with van der Waals surface area (Å²) in [5, 5.41) is 14.5. The molecule has 0 radical (unpaired) electrons. The molecule has 2 aromatic rings. The first-order valence-electron chi connectivity index (χ1n) is 11.0. The fourth-order valence-corrected chi connectivity index (χ4v) is 3.72. The highest BCUT2D eigenvalue weighted by atomic mass is 16.7. The minimum absolute atomic E-state index is 0.00534. The van der Waals surface area contributed by atoms with Crippen LogP contribution in [-0.2, 0) is 42.9 Å². The predicted molar refractivity (Wildman–Crippen MR) is 121 cm³/mol. The molecule has 0 aromatic carbocycles. The van der Waals surface area contributed by atoms with Crippen molar-refractivity contribution in [3.8, 4) is 0 Å². The fourth-order valence-electron chi connectivity index (χ4n) is 3.72. The van der Waals surface area contributed by atoms with E-state index in [1.54, 1.807) is 6.92 Å². The Morgan fingerprint density at radius 2 is 1.86 bits per heavy atom. The van der Waals surface area contributed by atoms with Crippen molar-refractivity contribution in [1.29, 1.82) is 0 Å². The van der Waals surface area contributed by atoms with Crippen molar-refractivity contribution in [2.45, 2.75) is 51.7 Å². The molecular formula is C21H25N5O11. The monoisotopic (exact) mass is 523 g/mol. The first-order valence-corrected chi connectivity index (χ1v) is 11.0. The van der Waals surface area contributed by atoms with E-state index in [4.69, 9.17) is 18.9 Å². The number of carbonyl (C=O) groups excluding carboxylic acids is 4. The van der Waals surface area contributed by atoms with E-state index in [1.165, 1.54) is 18.6 Å². The number of fused-ring (bicyclic) bond motifs is 1. The number of nitrogens with one attached hydrogen (secondary N) is 1. The summed E-state index contributed by atoms with van der Waals surface area (Å²) in [6.45, 7) is 3.17. The summed E-state index contributed by atoms with van der Waals surface area (Å²) in [7, 11) is 1.18. The Morgan fingerprint density at radius 1 is 1.14 bits per heavy atom. The average molecular weight is 523 g/mol. The first-order chi connectivity index (χ1) is 17.6. The zero-order valence-electron chi connectivity index (χ0n) is 20.4. The average Bonchev–Trinajstić information content (AvgIpc) is 3.39. The van der Waals surface area contributed by atoms with Crippen LogP contribution >= 0.6 is 0 Å². The maximum atomic E-state index is 12.1. The lowest BCUT2D eigenvalue weighted by Crippen LogP contribution is -2.40. The van der Waals surface area contributed by atoms with Gasteiger partial charge in [-0.1, -0.05) is 6.92 Å². The van der Waals surface area contributed by atoms with Crippen LogP contribution in [0, 0.1) is 10.1 Å². The van der Waals surface area contributed by atoms with Gasteiger partial charge in [0.15, 0.2) is 24.1 Å². The first kappa shape index (κ1) is 27.3. The van der Waals surface area contributed by atoms with E-state index in [2.05, 4.69) is 20.0 Å². The minimum atomic E-state index is -1.29. The number of rotatable bonds is 10. The van der Waals surface area contributed by atoms with E-state index in [9.17, 15) is 29.3 Å². The number of hydrogen-bond donors (Lipinski definition) is 1. The molecule has 0 aliphatic carbocycles. The lowest BCUT2D eigenvalue weighted by molar-refractivity contribution is -0.383. The van der Waals surface area contributed by atoms with Crippen molar-refractivity contribution >= 4 is 46.4 Å². The zero-order valence-corrected chi connectivity index (χ0v) is 20.4. The molecule has 1 fully saturated rings. The van der Waals surface area contributed by atoms with Crippen molar-refractivity contribution in [3.63, 3.8) is 0 Å². The molecular weight excluding hydrogens is 498 g/mol. The molecule has 1 N–H and O–H groups in total. The van der Waals surface area contributed by atoms with Gasteiger partial charge in [-0.2, -0.15) is 0 Å². The van der Waals surface area contributed by atoms with Gasteiger partial charge in [0.05, 0.1) is 18.2 Å². The molecule has 4 atom stereocenters. The van der Waals surface area contributed by atoms with Crippen LogP contribution in [0.4, 0.5) is 11.5 Å². The van der Waals surface area contributed by atoms with Crippen LogP contribution in [0.5, 0.6) is 0 Å². The molecule has 3 rings (SSSR count). The van der Waals surface area contributed by atoms with Crippen LogP contribution in [0.1, 0.15) is 33.4 Å². The van der Waals surface area contributed by atoms with Crippen molar-refractivity contribution < 1.29 is 47.8 Å². The second-order valence-electron chi connectivity index (χ2n) is 7.78. The van der Waals surface area contributed by atoms with E-state index in [-0.39, 0.29) is 36.4 Å². The van der Waals surface area contributed by atoms with Crippen molar-refractivity contribution in [3.05, 3.63) is 22.6 Å². The van der Waals surface area contributed by atoms with E-state index in [1.807, 2.05) is 0 Å². The van der Waals surface area contributed by atoms with E-state index in [0.29, 0.717) is 0 Å². The van der Waals surface area contributed by atoms with Gasteiger partial charge in [-0.15, -0.1) is 0 Å². The number of ether oxygens (including phenoxy) is 5. The third-order valence-corrected chi connectivity index (χ3v) is 5.28. The SMILES string of the molecule is CCC(=O)O[C@H]1[C@@H](OC(C)=O)[C@H](n2cc([N+](=O)[O-])c3c(NCC(=O)OC)ncnc32)O[C@@H]1COC(C)=O. The number of hydrogen-bond acceptors (Lipinski definition) is 14. The molecule has 0 bridgehead atoms. The third-order valence-electron chi connectivity index (χ3n) is 5.28. The molecule has 1 saturated heterocycles. The summed E-state index contributed by atoms with van der Waals surface area (Å²) in [6.07, 6.45) is -2.67. The highest BCUT2D eigenvalue weighted by Crippen LogP contribution is 2.40. The number of esters is 4. The highest BCUT2D eigenvalue weighted by Gasteiger charge is 2.51. The Bertz CT molecular complexity index is 1210. The standard InChI is InChI=1S/C21H25N5O11/c1-5-14(29)37-17-13(8-34-10(2)27)36-21(18(17)35-11(3)28)25-7-12(26(31)32)16-19(22-6-15(30)33-4)23-9-24-20(16)25/h7,9,13,17-18,21H,5-6,8H2,1-4H3,(H,22,23,24)/t13-,17-,18-,21-/m1/s1. The number of nitrogens with zero attached hydrogens (tertiary/aromatic N) is 4. The number of methoxy groups -OCH3 is 1. The van der Waals surface area contributed by atoms with Crippen LogP contribution < -0.4 is 5.32 Å². The van der Waals surface area contributed by atoms with Crippen molar-refractivity contribution in [2.75, 3.05) is 25.6 Å². The molecule has 200 valence electrons. The van der Waals surface area contributed by atoms with Gasteiger partial charge in [0.25, 0.3) is 5.69 Å². The third kappa shape index (κ3) is 6.08. The summed E-state index contributed by atoms with van der Waals surface area (Å²) in [5.41, 5.74) is -0.455. The van der Waals surface area contributed by atoms with Crippen LogP contribution in [0.2, 0.25) is 0 Å². The lowest BCUT2D eigenvalue weighted by Gasteiger charge is -2.24. The van der Waals surface area contributed by atoms with Crippen LogP contribution in [0.25, 0.3) is 11.0 Å². The minimum Gasteiger partial charge on any atom is -0.468 e. The Labute approximate surface area is 209 Å². The molecule has 1 aliphatic heterocycles. The summed E-state index contributed by atoms with van der Waals surface area (Å²) >= 11 is 0. The molecule has 0 spiro atoms. The normalized spacial score (nSPS) is 20.8. The van der Waals surface area contributed by atoms with Gasteiger partial charge in [-0.3, -0.25) is 33.9 Å². The van der Waals surface area contributed by atoms with E-state index < -0.39 is 59.0 Å². The summed E-state index contributed by atoms with van der Waals surface area (Å²) < 4.78 is 27.7. The second kappa shape index (κ2) is 11.6. The predicted octanol–water partition coefficient (Wildman–Crippen LogP) is 0.638. The summed E-state index contributed by atoms with van der Waals surface area (Å²) in [4.78, 5) is 66.4. The molecule has 2 aromatic heterocycles. The topological polar surface area (TPSA) is 200 Å². The Balaban J connectivity index is 2.12. The van der Waals surface area contributed by atoms with Gasteiger partial charge in [0, 0.05) is 20.3 Å². The van der Waals surface area contributed by atoms with Crippen LogP contribution in [0.15, 0.2) is 12.5 Å². The highest BCUT2D eigenvalue weighted by molar-refractivity contribution is 5.97. The molecule has 0 unspecified atom stereocenters. The lowest BCUT2D eigenvalue weighted by atomic mass is 10.1. The molecule has 0 saturated carbocycles. The maximum Gasteiger partial charge on any atom is 0.325 e. The number of nitro groups is 1. The Morgan fingerprint density at radius 3 is 2.46 bits per heavy atom. The molecule has 16 nitrogen and oxygen atoms in total. The van der Waals surface area contributed by atoms with Gasteiger partial charge in [-0.05, 0) is 0 Å². The maximum absolute atomic E-state index is 12.1. The van der Waals surface area contributed by atoms with Gasteiger partial charge in [0.2, 0.25) is 0 Å². The second-order valence-corrected chi connectivity index (χ2v) is 7.78. The molecule has 16 heteroatoms. The number of carbonyl (C=O) groups is 4. The van der Waals surface area contributed by atoms with Crippen molar-refractivity contribution in [2.24, 2.45) is 0 Å². The smallest absolute Gasteiger partial charge is 0.325 e. The zero-order chi connectivity index (χ0) is 27.3. The quantitative estimate of drug-likeness (QED) is 0.197. The fraction of sp³-hybridized carbons (Fsp3) is 0.524. The number of anilines is 1. The summed E-state index contributed by atoms with van der Waals surface area (Å²) in [6, 6.07) is 0. The largest absolute Gasteiger partial charge is 0.468 e. The molecule has 3 heterocycles.